The molecule has 0 bridgehead atoms. The molecule has 0 spiro atoms. The van der Waals surface area contributed by atoms with Crippen LogP contribution in [0.3, 0.4) is 0 Å². The third-order valence-electron chi connectivity index (χ3n) is 12.1. The van der Waals surface area contributed by atoms with Crippen molar-refractivity contribution in [3.8, 4) is 0 Å². The van der Waals surface area contributed by atoms with Crippen molar-refractivity contribution in [3.05, 3.63) is 0 Å². The summed E-state index contributed by atoms with van der Waals surface area (Å²) in [6, 6.07) is -1.54. The van der Waals surface area contributed by atoms with Gasteiger partial charge in [-0.1, -0.05) is 106 Å². The highest BCUT2D eigenvalue weighted by molar-refractivity contribution is 7.47. The van der Waals surface area contributed by atoms with Crippen LogP contribution < -0.4 is 16.8 Å². The van der Waals surface area contributed by atoms with Crippen molar-refractivity contribution < 1.29 is 81.8 Å². The van der Waals surface area contributed by atoms with E-state index in [1.165, 1.54) is 44.9 Å². The number of carboxylic acid groups (broad SMARTS) is 1. The fraction of sp³-hybridized carbons (Fsp3) is 0.907. The number of nitrogens with two attached hydrogens (primary N) is 2. The Morgan fingerprint density at radius 2 is 1.47 bits per heavy atom. The molecule has 64 heavy (non-hydrogen) atoms. The van der Waals surface area contributed by atoms with E-state index in [1.807, 2.05) is 6.92 Å². The molecule has 0 aromatic rings. The summed E-state index contributed by atoms with van der Waals surface area (Å²) in [4.78, 5) is 58.9. The number of hydrogen-bond donors (Lipinski definition) is 8. The lowest BCUT2D eigenvalue weighted by atomic mass is 9.79. The summed E-state index contributed by atoms with van der Waals surface area (Å²) in [5, 5.41) is 43.1. The second-order valence-corrected chi connectivity index (χ2v) is 20.6. The number of phosphoric ester groups is 1. The number of rotatable bonds is 31. The molecule has 2 rings (SSSR count). The topological polar surface area (TPSA) is 315 Å². The maximum Gasteiger partial charge on any atom is 0.474 e. The Labute approximate surface area is 378 Å². The normalized spacial score (nSPS) is 28.1. The smallest absolute Gasteiger partial charge is 0.474 e. The van der Waals surface area contributed by atoms with E-state index in [0.29, 0.717) is 12.3 Å². The molecule has 0 radical (unpaired) electrons. The Morgan fingerprint density at radius 3 is 2.05 bits per heavy atom. The first-order chi connectivity index (χ1) is 29.8. The summed E-state index contributed by atoms with van der Waals surface area (Å²) < 4.78 is 51.1. The minimum atomic E-state index is -5.36. The molecule has 374 valence electrons. The first-order valence-electron chi connectivity index (χ1n) is 22.8. The van der Waals surface area contributed by atoms with Gasteiger partial charge in [-0.2, -0.15) is 0 Å². The van der Waals surface area contributed by atoms with Crippen LogP contribution in [0, 0.1) is 29.1 Å². The lowest BCUT2D eigenvalue weighted by Gasteiger charge is -2.46. The predicted molar refractivity (Wildman–Crippen MR) is 233 cm³/mol. The molecule has 2 fully saturated rings. The molecule has 20 nitrogen and oxygen atoms in total. The van der Waals surface area contributed by atoms with Crippen LogP contribution in [-0.2, 0) is 51.7 Å². The van der Waals surface area contributed by atoms with Crippen LogP contribution in [0.1, 0.15) is 139 Å². The van der Waals surface area contributed by atoms with Gasteiger partial charge >= 0.3 is 19.9 Å². The zero-order chi connectivity index (χ0) is 48.4. The number of aliphatic hydroxyl groups excluding tert-OH is 3. The molecule has 0 saturated carbocycles. The van der Waals surface area contributed by atoms with Gasteiger partial charge in [-0.3, -0.25) is 18.6 Å². The highest BCUT2D eigenvalue weighted by atomic mass is 31.2. The van der Waals surface area contributed by atoms with Gasteiger partial charge in [0.1, 0.15) is 42.7 Å². The second-order valence-electron chi connectivity index (χ2n) is 19.2. The van der Waals surface area contributed by atoms with Crippen molar-refractivity contribution in [2.24, 2.45) is 40.6 Å². The number of carbonyl (C=O) groups excluding carboxylic acids is 3. The van der Waals surface area contributed by atoms with Crippen LogP contribution in [-0.4, -0.2) is 130 Å². The van der Waals surface area contributed by atoms with Gasteiger partial charge in [0.05, 0.1) is 13.2 Å². The summed E-state index contributed by atoms with van der Waals surface area (Å²) in [6.45, 7) is 15.3. The van der Waals surface area contributed by atoms with E-state index >= 15 is 0 Å². The average molecular weight is 942 g/mol. The highest BCUT2D eigenvalue weighted by Gasteiger charge is 2.52. The number of phosphoric acid groups is 1. The minimum absolute atomic E-state index is 0.0120. The Morgan fingerprint density at radius 1 is 0.844 bits per heavy atom. The average Bonchev–Trinajstić information content (AvgIpc) is 3.19. The van der Waals surface area contributed by atoms with Crippen molar-refractivity contribution in [1.82, 2.24) is 5.32 Å². The first kappa shape index (κ1) is 57.6. The van der Waals surface area contributed by atoms with E-state index in [2.05, 4.69) is 46.9 Å². The molecule has 4 unspecified atom stereocenters. The van der Waals surface area contributed by atoms with Gasteiger partial charge in [-0.05, 0) is 48.3 Å². The Balaban J connectivity index is 1.96. The fourth-order valence-corrected chi connectivity index (χ4v) is 8.72. The van der Waals surface area contributed by atoms with Crippen molar-refractivity contribution in [2.75, 3.05) is 19.8 Å². The molecule has 10 N–H and O–H groups in total. The maximum absolute atomic E-state index is 13.3. The van der Waals surface area contributed by atoms with Crippen LogP contribution in [0.5, 0.6) is 0 Å². The largest absolute Gasteiger partial charge is 0.479 e. The number of amides is 3. The molecule has 0 aliphatic carbocycles. The van der Waals surface area contributed by atoms with Crippen molar-refractivity contribution in [1.29, 1.82) is 0 Å². The van der Waals surface area contributed by atoms with Crippen molar-refractivity contribution in [3.63, 3.8) is 0 Å². The summed E-state index contributed by atoms with van der Waals surface area (Å²) >= 11 is 0. The van der Waals surface area contributed by atoms with Gasteiger partial charge in [0.25, 0.3) is 0 Å². The molecule has 2 saturated heterocycles. The highest BCUT2D eigenvalue weighted by Crippen LogP contribution is 2.47. The van der Waals surface area contributed by atoms with Crippen LogP contribution in [0.4, 0.5) is 4.79 Å². The SMILES string of the molecule is CC(=O)N[C@H]1[C@H](O[C@H]2[C@@H](OP(=O)(O)OC[C@@H](OCCC(C)CCCCC(C)(C)CCC(C)CCC(C)CCCC(C)C)C(=O)O)O[C@H](C(N)=O)C[C@@H]2OC(N)=O)O[C@H](CO)[C@@H](O)[C@@H]1O. The van der Waals surface area contributed by atoms with E-state index in [-0.39, 0.29) is 17.9 Å². The second kappa shape index (κ2) is 28.0. The van der Waals surface area contributed by atoms with Gasteiger partial charge < -0.3 is 65.8 Å². The molecule has 14 atom stereocenters. The van der Waals surface area contributed by atoms with E-state index in [4.69, 9.17) is 44.2 Å². The standard InChI is InChI=1S/C43H80N3O17P/c1-25(2)12-11-14-26(3)15-16-28(5)17-20-43(7,8)19-10-9-13-27(4)18-21-57-33(39(52)53)24-58-64(55,56)63-41-37(30(61-42(45)54)22-31(59-41)38(44)51)62-40-34(46-29(6)48)36(50)35(49)32(23-47)60-40/h25-28,30-37,40-41,47,49-50H,9-24H2,1-8H3,(H2,44,51)(H2,45,54)(H,46,48)(H,52,53)(H,55,56)/t26?,27?,28?,30-,31-,32+,33+,34+,35+,36+,37+,40-,41+/m0/s1. The summed E-state index contributed by atoms with van der Waals surface area (Å²) in [7, 11) is -5.36. The van der Waals surface area contributed by atoms with Gasteiger partial charge in [0.15, 0.2) is 18.7 Å². The molecular weight excluding hydrogens is 861 g/mol. The lowest BCUT2D eigenvalue weighted by Crippen LogP contribution is -2.66. The first-order valence-corrected chi connectivity index (χ1v) is 24.3. The number of hydrogen-bond acceptors (Lipinski definition) is 15. The predicted octanol–water partition coefficient (Wildman–Crippen LogP) is 4.25. The number of aliphatic carboxylic acids is 1. The van der Waals surface area contributed by atoms with E-state index < -0.39 is 113 Å². The Hall–Kier alpha value is -2.49. The third kappa shape index (κ3) is 21.4. The van der Waals surface area contributed by atoms with Gasteiger partial charge in [-0.25, -0.2) is 14.2 Å². The number of carboxylic acids is 1. The van der Waals surface area contributed by atoms with Crippen LogP contribution >= 0.6 is 7.82 Å². The van der Waals surface area contributed by atoms with Crippen LogP contribution in [0.25, 0.3) is 0 Å². The minimum Gasteiger partial charge on any atom is -0.479 e. The summed E-state index contributed by atoms with van der Waals surface area (Å²) in [5.74, 6) is -0.867. The monoisotopic (exact) mass is 942 g/mol. The summed E-state index contributed by atoms with van der Waals surface area (Å²) in [6.07, 6.45) is -4.17. The molecule has 0 aromatic carbocycles. The zero-order valence-corrected chi connectivity index (χ0v) is 40.0. The van der Waals surface area contributed by atoms with E-state index in [0.717, 1.165) is 44.4 Å². The number of nitrogens with one attached hydrogen (secondary N) is 1. The van der Waals surface area contributed by atoms with E-state index in [1.54, 1.807) is 0 Å². The third-order valence-corrected chi connectivity index (χ3v) is 13.0. The Bertz CT molecular complexity index is 1470. The van der Waals surface area contributed by atoms with Crippen molar-refractivity contribution >= 4 is 31.7 Å². The maximum atomic E-state index is 13.3. The number of primary amides is 2. The number of unbranched alkanes of at least 4 members (excludes halogenated alkanes) is 1. The van der Waals surface area contributed by atoms with Crippen molar-refractivity contribution in [2.45, 2.75) is 200 Å². The quantitative estimate of drug-likeness (QED) is 0.0356. The summed E-state index contributed by atoms with van der Waals surface area (Å²) in [5.41, 5.74) is 10.9. The number of aliphatic hydroxyl groups is 3. The number of ether oxygens (including phenoxy) is 5. The molecule has 0 aromatic heterocycles. The fourth-order valence-electron chi connectivity index (χ4n) is 7.90. The van der Waals surface area contributed by atoms with Crippen LogP contribution in [0.2, 0.25) is 0 Å². The Kier molecular flexibility index (Phi) is 25.2. The molecular formula is C43H80N3O17P. The molecule has 3 amide bonds. The van der Waals surface area contributed by atoms with Crippen LogP contribution in [0.15, 0.2) is 0 Å². The number of carbonyl (C=O) groups is 4. The molecule has 2 heterocycles. The molecule has 21 heteroatoms. The molecule has 2 aliphatic rings. The van der Waals surface area contributed by atoms with Gasteiger partial charge in [-0.15, -0.1) is 0 Å². The zero-order valence-electron chi connectivity index (χ0n) is 39.1. The van der Waals surface area contributed by atoms with Gasteiger partial charge in [0, 0.05) is 20.0 Å². The molecule has 2 aliphatic heterocycles. The lowest BCUT2D eigenvalue weighted by molar-refractivity contribution is -0.326. The van der Waals surface area contributed by atoms with E-state index in [9.17, 15) is 49.1 Å². The van der Waals surface area contributed by atoms with Gasteiger partial charge in [0.2, 0.25) is 11.8 Å².